The van der Waals surface area contributed by atoms with Crippen molar-refractivity contribution in [2.45, 2.75) is 38.2 Å². The van der Waals surface area contributed by atoms with Crippen LogP contribution in [0, 0.1) is 0 Å². The molecule has 2 aromatic rings. The number of para-hydroxylation sites is 3. The van der Waals surface area contributed by atoms with E-state index in [4.69, 9.17) is 4.74 Å². The first-order valence-corrected chi connectivity index (χ1v) is 13.1. The number of hydrogen-bond donors (Lipinski definition) is 1. The summed E-state index contributed by atoms with van der Waals surface area (Å²) in [5, 5.41) is 2.85. The van der Waals surface area contributed by atoms with E-state index in [1.165, 1.54) is 4.31 Å². The van der Waals surface area contributed by atoms with Gasteiger partial charge in [0.25, 0.3) is 11.8 Å². The first kappa shape index (κ1) is 23.1. The summed E-state index contributed by atoms with van der Waals surface area (Å²) in [6.07, 6.45) is 4.60. The Hall–Kier alpha value is -3.07. The molecule has 4 rings (SSSR count). The lowest BCUT2D eigenvalue weighted by Gasteiger charge is -2.22. The molecule has 1 atom stereocenters. The first-order valence-electron chi connectivity index (χ1n) is 11.3. The van der Waals surface area contributed by atoms with Gasteiger partial charge in [0.2, 0.25) is 10.0 Å². The first-order chi connectivity index (χ1) is 15.8. The van der Waals surface area contributed by atoms with Crippen LogP contribution in [-0.4, -0.2) is 57.1 Å². The lowest BCUT2D eigenvalue weighted by Crippen LogP contribution is -2.37. The van der Waals surface area contributed by atoms with E-state index in [2.05, 4.69) is 5.32 Å². The van der Waals surface area contributed by atoms with E-state index in [1.807, 2.05) is 4.90 Å². The molecule has 0 aliphatic carbocycles. The Morgan fingerprint density at radius 3 is 2.33 bits per heavy atom. The lowest BCUT2D eigenvalue weighted by molar-refractivity contribution is -0.122. The summed E-state index contributed by atoms with van der Waals surface area (Å²) in [6.45, 7) is 1.54. The van der Waals surface area contributed by atoms with Crippen molar-refractivity contribution in [1.82, 2.24) is 4.90 Å². The Labute approximate surface area is 194 Å². The number of nitrogens with zero attached hydrogens (tertiary/aromatic N) is 2. The summed E-state index contributed by atoms with van der Waals surface area (Å²) in [5.74, 6) is -0.186. The third-order valence-corrected chi connectivity index (χ3v) is 7.18. The average molecular weight is 472 g/mol. The molecule has 0 aromatic heterocycles. The van der Waals surface area contributed by atoms with E-state index in [9.17, 15) is 18.0 Å². The summed E-state index contributed by atoms with van der Waals surface area (Å²) < 4.78 is 31.8. The van der Waals surface area contributed by atoms with E-state index in [0.717, 1.165) is 31.9 Å². The molecule has 176 valence electrons. The molecule has 2 aromatic carbocycles. The molecular weight excluding hydrogens is 442 g/mol. The van der Waals surface area contributed by atoms with Gasteiger partial charge in [0.15, 0.2) is 6.10 Å². The zero-order valence-electron chi connectivity index (χ0n) is 18.7. The van der Waals surface area contributed by atoms with Gasteiger partial charge >= 0.3 is 0 Å². The number of nitrogens with one attached hydrogen (secondary N) is 1. The zero-order chi connectivity index (χ0) is 23.4. The van der Waals surface area contributed by atoms with Crippen LogP contribution in [0.5, 0.6) is 5.75 Å². The van der Waals surface area contributed by atoms with Crippen molar-refractivity contribution in [1.29, 1.82) is 0 Å². The lowest BCUT2D eigenvalue weighted by atomic mass is 10.1. The quantitative estimate of drug-likeness (QED) is 0.738. The normalized spacial score (nSPS) is 19.0. The van der Waals surface area contributed by atoms with Crippen LogP contribution in [0.1, 0.15) is 42.5 Å². The van der Waals surface area contributed by atoms with Crippen molar-refractivity contribution in [2.24, 2.45) is 0 Å². The summed E-state index contributed by atoms with van der Waals surface area (Å²) in [5.41, 5.74) is 1.28. The fourth-order valence-electron chi connectivity index (χ4n) is 4.30. The number of carbonyl (C=O) groups excluding carboxylic acids is 2. The number of benzene rings is 2. The monoisotopic (exact) mass is 471 g/mol. The number of likely N-dealkylation sites (tertiary alicyclic amines) is 1. The van der Waals surface area contributed by atoms with Crippen molar-refractivity contribution in [3.63, 3.8) is 0 Å². The third-order valence-electron chi connectivity index (χ3n) is 6.00. The van der Waals surface area contributed by atoms with E-state index in [1.54, 1.807) is 48.5 Å². The van der Waals surface area contributed by atoms with Crippen LogP contribution in [0.2, 0.25) is 0 Å². The van der Waals surface area contributed by atoms with Crippen LogP contribution in [-0.2, 0) is 14.8 Å². The molecule has 8 nitrogen and oxygen atoms in total. The maximum Gasteiger partial charge on any atom is 0.265 e. The molecule has 0 unspecified atom stereocenters. The van der Waals surface area contributed by atoms with Crippen molar-refractivity contribution in [3.05, 3.63) is 54.1 Å². The molecule has 0 spiro atoms. The fraction of sp³-hybridized carbons (Fsp3) is 0.417. The van der Waals surface area contributed by atoms with E-state index < -0.39 is 22.0 Å². The maximum absolute atomic E-state index is 13.2. The van der Waals surface area contributed by atoms with Gasteiger partial charge in [-0.25, -0.2) is 8.42 Å². The topological polar surface area (TPSA) is 96.0 Å². The molecule has 1 saturated heterocycles. The number of amides is 2. The Bertz CT molecular complexity index is 1130. The van der Waals surface area contributed by atoms with Crippen LogP contribution in [0.3, 0.4) is 0 Å². The number of fused-ring (bicyclic) bond motifs is 1. The van der Waals surface area contributed by atoms with E-state index in [-0.39, 0.29) is 18.9 Å². The smallest absolute Gasteiger partial charge is 0.265 e. The van der Waals surface area contributed by atoms with Crippen molar-refractivity contribution < 1.29 is 22.7 Å². The van der Waals surface area contributed by atoms with E-state index >= 15 is 0 Å². The second kappa shape index (κ2) is 9.82. The molecular formula is C24H29N3O5S. The Morgan fingerprint density at radius 1 is 0.939 bits per heavy atom. The van der Waals surface area contributed by atoms with Gasteiger partial charge in [0.1, 0.15) is 5.75 Å². The number of rotatable bonds is 4. The predicted molar refractivity (Wildman–Crippen MR) is 127 cm³/mol. The molecule has 2 aliphatic rings. The van der Waals surface area contributed by atoms with Crippen molar-refractivity contribution in [3.8, 4) is 5.75 Å². The summed E-state index contributed by atoms with van der Waals surface area (Å²) in [7, 11) is -3.53. The number of carbonyl (C=O) groups is 2. The number of hydrogen-bond acceptors (Lipinski definition) is 5. The highest BCUT2D eigenvalue weighted by Gasteiger charge is 2.31. The van der Waals surface area contributed by atoms with Gasteiger partial charge in [0.05, 0.1) is 23.2 Å². The van der Waals surface area contributed by atoms with Gasteiger partial charge in [0, 0.05) is 26.1 Å². The highest BCUT2D eigenvalue weighted by atomic mass is 32.2. The zero-order valence-corrected chi connectivity index (χ0v) is 19.5. The molecule has 1 N–H and O–H groups in total. The van der Waals surface area contributed by atoms with Crippen LogP contribution in [0.4, 0.5) is 11.4 Å². The maximum atomic E-state index is 13.2. The standard InChI is InChI=1S/C24H29N3O5S/c1-33(30,31)27-17-14-22(32-21-13-7-6-12-20(21)27)23(28)25-19-11-5-4-10-18(19)24(29)26-15-8-2-3-9-16-26/h4-7,10-13,22H,2-3,8-9,14-17H2,1H3,(H,25,28)/t22-/m0/s1. The van der Waals surface area contributed by atoms with Gasteiger partial charge in [-0.05, 0) is 37.1 Å². The SMILES string of the molecule is CS(=O)(=O)N1CC[C@@H](C(=O)Nc2ccccc2C(=O)N2CCCCCC2)Oc2ccccc21. The van der Waals surface area contributed by atoms with Crippen LogP contribution in [0.25, 0.3) is 0 Å². The summed E-state index contributed by atoms with van der Waals surface area (Å²) in [4.78, 5) is 28.2. The molecule has 33 heavy (non-hydrogen) atoms. The molecule has 2 amide bonds. The molecule has 0 bridgehead atoms. The predicted octanol–water partition coefficient (Wildman–Crippen LogP) is 3.26. The van der Waals surface area contributed by atoms with Crippen molar-refractivity contribution in [2.75, 3.05) is 35.5 Å². The minimum atomic E-state index is -3.53. The molecule has 2 aliphatic heterocycles. The molecule has 9 heteroatoms. The second-order valence-corrected chi connectivity index (χ2v) is 10.3. The molecule has 1 fully saturated rings. The van der Waals surface area contributed by atoms with Crippen LogP contribution in [0.15, 0.2) is 48.5 Å². The highest BCUT2D eigenvalue weighted by molar-refractivity contribution is 7.92. The Balaban J connectivity index is 1.54. The van der Waals surface area contributed by atoms with E-state index in [0.29, 0.717) is 35.8 Å². The highest BCUT2D eigenvalue weighted by Crippen LogP contribution is 2.34. The molecule has 0 radical (unpaired) electrons. The Kier molecular flexibility index (Phi) is 6.88. The second-order valence-electron chi connectivity index (χ2n) is 8.44. The fourth-order valence-corrected chi connectivity index (χ4v) is 5.24. The van der Waals surface area contributed by atoms with Gasteiger partial charge < -0.3 is 15.0 Å². The van der Waals surface area contributed by atoms with Gasteiger partial charge in [-0.3, -0.25) is 13.9 Å². The largest absolute Gasteiger partial charge is 0.478 e. The van der Waals surface area contributed by atoms with Gasteiger partial charge in [-0.15, -0.1) is 0 Å². The van der Waals surface area contributed by atoms with Gasteiger partial charge in [-0.1, -0.05) is 37.1 Å². The average Bonchev–Trinajstić information content (AvgIpc) is 3.18. The number of ether oxygens (including phenoxy) is 1. The van der Waals surface area contributed by atoms with Crippen LogP contribution >= 0.6 is 0 Å². The number of sulfonamides is 1. The minimum Gasteiger partial charge on any atom is -0.478 e. The summed E-state index contributed by atoms with van der Waals surface area (Å²) in [6, 6.07) is 13.7. The van der Waals surface area contributed by atoms with Crippen molar-refractivity contribution >= 4 is 33.2 Å². The molecule has 0 saturated carbocycles. The minimum absolute atomic E-state index is 0.0943. The van der Waals surface area contributed by atoms with Gasteiger partial charge in [-0.2, -0.15) is 0 Å². The number of anilines is 2. The van der Waals surface area contributed by atoms with Crippen LogP contribution < -0.4 is 14.4 Å². The summed E-state index contributed by atoms with van der Waals surface area (Å²) >= 11 is 0. The third kappa shape index (κ3) is 5.30. The molecule has 2 heterocycles. The Morgan fingerprint density at radius 2 is 1.61 bits per heavy atom.